The van der Waals surface area contributed by atoms with Crippen molar-refractivity contribution in [2.24, 2.45) is 5.73 Å². The fraction of sp³-hybridized carbons (Fsp3) is 0.118. The first kappa shape index (κ1) is 17.7. The molecule has 0 heterocycles. The van der Waals surface area contributed by atoms with Gasteiger partial charge in [-0.1, -0.05) is 6.07 Å². The zero-order valence-electron chi connectivity index (χ0n) is 12.8. The first-order valence-corrected chi connectivity index (χ1v) is 7.79. The van der Waals surface area contributed by atoms with E-state index in [4.69, 9.17) is 10.5 Å². The van der Waals surface area contributed by atoms with Gasteiger partial charge < -0.3 is 15.8 Å². The summed E-state index contributed by atoms with van der Waals surface area (Å²) < 4.78 is 5.68. The third-order valence-corrected chi connectivity index (χ3v) is 3.79. The molecule has 0 aliphatic rings. The standard InChI is InChI=1S/C17H15BrN2O4/c1-10-2-7-14(13(18)8-10)20-15(21)9-24-17(23)12-5-3-11(4-6-12)16(19)22/h2-8H,9H2,1H3,(H2,19,22)(H,20,21). The monoisotopic (exact) mass is 390 g/mol. The average Bonchev–Trinajstić information content (AvgIpc) is 2.55. The van der Waals surface area contributed by atoms with Crippen molar-refractivity contribution >= 4 is 39.4 Å². The molecular formula is C17H15BrN2O4. The van der Waals surface area contributed by atoms with Crippen LogP contribution < -0.4 is 11.1 Å². The summed E-state index contributed by atoms with van der Waals surface area (Å²) in [5.74, 6) is -1.70. The Morgan fingerprint density at radius 3 is 2.29 bits per heavy atom. The number of nitrogens with one attached hydrogen (secondary N) is 1. The van der Waals surface area contributed by atoms with Crippen molar-refractivity contribution in [2.45, 2.75) is 6.92 Å². The summed E-state index contributed by atoms with van der Waals surface area (Å²) in [5.41, 5.74) is 7.27. The molecular weight excluding hydrogens is 376 g/mol. The van der Waals surface area contributed by atoms with Gasteiger partial charge in [0.15, 0.2) is 6.61 Å². The SMILES string of the molecule is Cc1ccc(NC(=O)COC(=O)c2ccc(C(N)=O)cc2)c(Br)c1. The highest BCUT2D eigenvalue weighted by Gasteiger charge is 2.12. The van der Waals surface area contributed by atoms with Crippen LogP contribution in [0.5, 0.6) is 0 Å². The molecule has 0 spiro atoms. The van der Waals surface area contributed by atoms with Gasteiger partial charge in [0.05, 0.1) is 11.3 Å². The first-order chi connectivity index (χ1) is 11.4. The molecule has 0 saturated carbocycles. The highest BCUT2D eigenvalue weighted by Crippen LogP contribution is 2.23. The van der Waals surface area contributed by atoms with Crippen LogP contribution in [0.25, 0.3) is 0 Å². The largest absolute Gasteiger partial charge is 0.452 e. The van der Waals surface area contributed by atoms with Crippen LogP contribution in [0.4, 0.5) is 5.69 Å². The average molecular weight is 391 g/mol. The molecule has 0 radical (unpaired) electrons. The molecule has 0 aromatic heterocycles. The van der Waals surface area contributed by atoms with E-state index in [2.05, 4.69) is 21.2 Å². The quantitative estimate of drug-likeness (QED) is 0.766. The lowest BCUT2D eigenvalue weighted by molar-refractivity contribution is -0.119. The number of anilines is 1. The molecule has 0 bridgehead atoms. The molecule has 2 aromatic rings. The van der Waals surface area contributed by atoms with Crippen LogP contribution in [0.15, 0.2) is 46.9 Å². The number of nitrogens with two attached hydrogens (primary N) is 1. The minimum atomic E-state index is -0.663. The van der Waals surface area contributed by atoms with Gasteiger partial charge in [-0.2, -0.15) is 0 Å². The summed E-state index contributed by atoms with van der Waals surface area (Å²) in [6.45, 7) is 1.51. The number of primary amides is 1. The Hall–Kier alpha value is -2.67. The summed E-state index contributed by atoms with van der Waals surface area (Å²) in [7, 11) is 0. The summed E-state index contributed by atoms with van der Waals surface area (Å²) >= 11 is 3.35. The van der Waals surface area contributed by atoms with E-state index in [0.717, 1.165) is 10.0 Å². The van der Waals surface area contributed by atoms with Crippen molar-refractivity contribution in [1.29, 1.82) is 0 Å². The number of ether oxygens (including phenoxy) is 1. The van der Waals surface area contributed by atoms with E-state index in [1.54, 1.807) is 6.07 Å². The van der Waals surface area contributed by atoms with Gasteiger partial charge in [0.2, 0.25) is 5.91 Å². The van der Waals surface area contributed by atoms with Gasteiger partial charge in [-0.15, -0.1) is 0 Å². The van der Waals surface area contributed by atoms with Gasteiger partial charge >= 0.3 is 5.97 Å². The van der Waals surface area contributed by atoms with Crippen LogP contribution in [0.2, 0.25) is 0 Å². The molecule has 2 amide bonds. The topological polar surface area (TPSA) is 98.5 Å². The number of hydrogen-bond acceptors (Lipinski definition) is 4. The summed E-state index contributed by atoms with van der Waals surface area (Å²) in [6.07, 6.45) is 0. The maximum Gasteiger partial charge on any atom is 0.338 e. The third-order valence-electron chi connectivity index (χ3n) is 3.14. The van der Waals surface area contributed by atoms with E-state index < -0.39 is 24.4 Å². The second kappa shape index (κ2) is 7.74. The van der Waals surface area contributed by atoms with E-state index in [0.29, 0.717) is 5.69 Å². The molecule has 2 aromatic carbocycles. The smallest absolute Gasteiger partial charge is 0.338 e. The van der Waals surface area contributed by atoms with E-state index >= 15 is 0 Å². The molecule has 0 saturated heterocycles. The number of carbonyl (C=O) groups is 3. The fourth-order valence-corrected chi connectivity index (χ4v) is 2.49. The molecule has 0 aliphatic heterocycles. The molecule has 0 aliphatic carbocycles. The second-order valence-electron chi connectivity index (χ2n) is 5.05. The third kappa shape index (κ3) is 4.66. The van der Waals surface area contributed by atoms with E-state index in [9.17, 15) is 14.4 Å². The fourth-order valence-electron chi connectivity index (χ4n) is 1.89. The zero-order valence-corrected chi connectivity index (χ0v) is 14.4. The number of halogens is 1. The molecule has 124 valence electrons. The van der Waals surface area contributed by atoms with Gasteiger partial charge in [-0.25, -0.2) is 4.79 Å². The number of benzene rings is 2. The van der Waals surface area contributed by atoms with E-state index in [1.807, 2.05) is 19.1 Å². The van der Waals surface area contributed by atoms with Crippen LogP contribution in [0.3, 0.4) is 0 Å². The van der Waals surface area contributed by atoms with E-state index in [1.165, 1.54) is 24.3 Å². The minimum absolute atomic E-state index is 0.226. The molecule has 3 N–H and O–H groups in total. The van der Waals surface area contributed by atoms with Crippen LogP contribution in [0, 0.1) is 6.92 Å². The summed E-state index contributed by atoms with van der Waals surface area (Å²) in [4.78, 5) is 34.7. The van der Waals surface area contributed by atoms with Crippen molar-refractivity contribution in [3.63, 3.8) is 0 Å². The number of rotatable bonds is 5. The Kier molecular flexibility index (Phi) is 5.70. The summed E-state index contributed by atoms with van der Waals surface area (Å²) in [6, 6.07) is 11.1. The Balaban J connectivity index is 1.91. The first-order valence-electron chi connectivity index (χ1n) is 7.00. The van der Waals surface area contributed by atoms with Crippen LogP contribution >= 0.6 is 15.9 Å². The van der Waals surface area contributed by atoms with Crippen molar-refractivity contribution < 1.29 is 19.1 Å². The van der Waals surface area contributed by atoms with Crippen molar-refractivity contribution in [1.82, 2.24) is 0 Å². The lowest BCUT2D eigenvalue weighted by atomic mass is 10.1. The summed E-state index contributed by atoms with van der Waals surface area (Å²) in [5, 5.41) is 2.64. The number of esters is 1. The van der Waals surface area contributed by atoms with Crippen LogP contribution in [0.1, 0.15) is 26.3 Å². The predicted octanol–water partition coefficient (Wildman–Crippen LogP) is 2.65. The van der Waals surface area contributed by atoms with Crippen molar-refractivity contribution in [3.8, 4) is 0 Å². The highest BCUT2D eigenvalue weighted by molar-refractivity contribution is 9.10. The molecule has 24 heavy (non-hydrogen) atoms. The Bertz CT molecular complexity index is 788. The molecule has 7 heteroatoms. The Labute approximate surface area is 147 Å². The van der Waals surface area contributed by atoms with Crippen LogP contribution in [-0.4, -0.2) is 24.4 Å². The maximum atomic E-state index is 11.9. The van der Waals surface area contributed by atoms with Crippen molar-refractivity contribution in [2.75, 3.05) is 11.9 Å². The van der Waals surface area contributed by atoms with Crippen LogP contribution in [-0.2, 0) is 9.53 Å². The predicted molar refractivity (Wildman–Crippen MR) is 92.8 cm³/mol. The molecule has 0 atom stereocenters. The number of amides is 2. The minimum Gasteiger partial charge on any atom is -0.452 e. The number of aryl methyl sites for hydroxylation is 1. The van der Waals surface area contributed by atoms with Crippen molar-refractivity contribution in [3.05, 3.63) is 63.6 Å². The Morgan fingerprint density at radius 2 is 1.71 bits per heavy atom. The van der Waals surface area contributed by atoms with E-state index in [-0.39, 0.29) is 11.1 Å². The maximum absolute atomic E-state index is 11.9. The van der Waals surface area contributed by atoms with Gasteiger partial charge in [0.1, 0.15) is 0 Å². The number of carbonyl (C=O) groups excluding carboxylic acids is 3. The van der Waals surface area contributed by atoms with Gasteiger partial charge in [0, 0.05) is 10.0 Å². The molecule has 6 nitrogen and oxygen atoms in total. The molecule has 0 unspecified atom stereocenters. The van der Waals surface area contributed by atoms with Gasteiger partial charge in [-0.05, 0) is 64.8 Å². The Morgan fingerprint density at radius 1 is 1.08 bits per heavy atom. The highest BCUT2D eigenvalue weighted by atomic mass is 79.9. The zero-order chi connectivity index (χ0) is 17.7. The molecule has 0 fully saturated rings. The second-order valence-corrected chi connectivity index (χ2v) is 5.90. The normalized spacial score (nSPS) is 10.1. The lowest BCUT2D eigenvalue weighted by Crippen LogP contribution is -2.21. The lowest BCUT2D eigenvalue weighted by Gasteiger charge is -2.09. The molecule has 2 rings (SSSR count). The van der Waals surface area contributed by atoms with Gasteiger partial charge in [0.25, 0.3) is 5.91 Å². The number of hydrogen-bond donors (Lipinski definition) is 2. The van der Waals surface area contributed by atoms with Gasteiger partial charge in [-0.3, -0.25) is 9.59 Å².